The van der Waals surface area contributed by atoms with Gasteiger partial charge in [0.05, 0.1) is 11.1 Å². The summed E-state index contributed by atoms with van der Waals surface area (Å²) in [5.41, 5.74) is 9.76. The van der Waals surface area contributed by atoms with Crippen LogP contribution in [-0.4, -0.2) is 15.0 Å². The third kappa shape index (κ3) is 5.47. The highest BCUT2D eigenvalue weighted by Crippen LogP contribution is 2.44. The summed E-state index contributed by atoms with van der Waals surface area (Å²) in [7, 11) is 0. The third-order valence-corrected chi connectivity index (χ3v) is 8.90. The van der Waals surface area contributed by atoms with Crippen LogP contribution in [0.1, 0.15) is 0 Å². The van der Waals surface area contributed by atoms with Gasteiger partial charge < -0.3 is 9.32 Å². The van der Waals surface area contributed by atoms with E-state index in [1.165, 1.54) is 5.56 Å². The van der Waals surface area contributed by atoms with E-state index < -0.39 is 0 Å². The van der Waals surface area contributed by atoms with Crippen molar-refractivity contribution in [2.24, 2.45) is 0 Å². The van der Waals surface area contributed by atoms with Crippen LogP contribution in [0, 0.1) is 0 Å². The Hall–Kier alpha value is -6.85. The molecule has 0 aliphatic carbocycles. The van der Waals surface area contributed by atoms with Crippen LogP contribution in [0.2, 0.25) is 0 Å². The quantitative estimate of drug-likeness (QED) is 0.173. The van der Waals surface area contributed by atoms with Gasteiger partial charge in [-0.3, -0.25) is 0 Å². The molecule has 0 N–H and O–H groups in total. The topological polar surface area (TPSA) is 55.1 Å². The lowest BCUT2D eigenvalue weighted by Crippen LogP contribution is -2.10. The van der Waals surface area contributed by atoms with Crippen molar-refractivity contribution in [3.8, 4) is 45.3 Å². The molecule has 0 saturated heterocycles. The zero-order valence-corrected chi connectivity index (χ0v) is 27.0. The summed E-state index contributed by atoms with van der Waals surface area (Å²) in [5.74, 6) is 1.83. The Morgan fingerprint density at radius 2 is 0.880 bits per heavy atom. The average molecular weight is 643 g/mol. The fourth-order valence-electron chi connectivity index (χ4n) is 6.53. The summed E-state index contributed by atoms with van der Waals surface area (Å²) in [5, 5.41) is 2.05. The number of aromatic nitrogens is 3. The van der Waals surface area contributed by atoms with Crippen molar-refractivity contribution in [1.82, 2.24) is 15.0 Å². The van der Waals surface area contributed by atoms with E-state index in [4.69, 9.17) is 19.4 Å². The molecule has 5 heteroatoms. The van der Waals surface area contributed by atoms with Crippen molar-refractivity contribution >= 4 is 39.0 Å². The first-order valence-electron chi connectivity index (χ1n) is 16.6. The molecule has 9 rings (SSSR count). The van der Waals surface area contributed by atoms with E-state index in [-0.39, 0.29) is 0 Å². The van der Waals surface area contributed by atoms with Crippen molar-refractivity contribution in [3.05, 3.63) is 182 Å². The van der Waals surface area contributed by atoms with Crippen LogP contribution < -0.4 is 4.90 Å². The van der Waals surface area contributed by atoms with Gasteiger partial charge in [-0.25, -0.2) is 15.0 Å². The van der Waals surface area contributed by atoms with Crippen molar-refractivity contribution in [3.63, 3.8) is 0 Å². The van der Waals surface area contributed by atoms with Crippen molar-refractivity contribution in [2.45, 2.75) is 0 Å². The second-order valence-electron chi connectivity index (χ2n) is 12.1. The Balaban J connectivity index is 1.20. The summed E-state index contributed by atoms with van der Waals surface area (Å²) in [6.07, 6.45) is 0. The first-order valence-corrected chi connectivity index (χ1v) is 16.6. The molecule has 0 unspecified atom stereocenters. The van der Waals surface area contributed by atoms with Gasteiger partial charge in [0.15, 0.2) is 17.5 Å². The molecule has 236 valence electrons. The van der Waals surface area contributed by atoms with Gasteiger partial charge in [0.25, 0.3) is 0 Å². The van der Waals surface area contributed by atoms with Crippen molar-refractivity contribution in [2.75, 3.05) is 4.90 Å². The molecule has 2 aromatic heterocycles. The maximum atomic E-state index is 6.60. The third-order valence-electron chi connectivity index (χ3n) is 8.90. The normalized spacial score (nSPS) is 11.2. The first kappa shape index (κ1) is 29.3. The molecule has 0 aliphatic rings. The number of fused-ring (bicyclic) bond motifs is 3. The Kier molecular flexibility index (Phi) is 7.41. The maximum Gasteiger partial charge on any atom is 0.164 e. The van der Waals surface area contributed by atoms with Crippen molar-refractivity contribution in [1.29, 1.82) is 0 Å². The molecule has 2 heterocycles. The first-order chi connectivity index (χ1) is 24.8. The lowest BCUT2D eigenvalue weighted by atomic mass is 10.0. The molecular weight excluding hydrogens is 613 g/mol. The molecule has 0 fully saturated rings. The molecule has 0 bridgehead atoms. The second-order valence-corrected chi connectivity index (χ2v) is 12.1. The van der Waals surface area contributed by atoms with E-state index in [2.05, 4.69) is 102 Å². The van der Waals surface area contributed by atoms with Crippen LogP contribution in [0.15, 0.2) is 186 Å². The fraction of sp³-hybridized carbons (Fsp3) is 0. The second kappa shape index (κ2) is 12.6. The predicted octanol–water partition coefficient (Wildman–Crippen LogP) is 11.9. The monoisotopic (exact) mass is 642 g/mol. The largest absolute Gasteiger partial charge is 0.456 e. The number of rotatable bonds is 7. The molecule has 0 aliphatic heterocycles. The van der Waals surface area contributed by atoms with E-state index in [1.807, 2.05) is 84.9 Å². The van der Waals surface area contributed by atoms with Crippen molar-refractivity contribution < 1.29 is 4.42 Å². The van der Waals surface area contributed by atoms with Gasteiger partial charge >= 0.3 is 0 Å². The minimum atomic E-state index is 0.587. The van der Waals surface area contributed by atoms with Crippen LogP contribution in [0.3, 0.4) is 0 Å². The van der Waals surface area contributed by atoms with E-state index in [9.17, 15) is 0 Å². The highest BCUT2D eigenvalue weighted by Gasteiger charge is 2.21. The minimum Gasteiger partial charge on any atom is -0.456 e. The SMILES string of the molecule is c1ccc(-c2cccc(N(c3ccccc3)c3cccc4oc5cc(-c6nc(-c7ccccc7)nc(-c7ccccc7)n6)ccc5c34)c2)cc1. The zero-order chi connectivity index (χ0) is 33.3. The van der Waals surface area contributed by atoms with Gasteiger partial charge in [-0.1, -0.05) is 133 Å². The van der Waals surface area contributed by atoms with Crippen LogP contribution in [-0.2, 0) is 0 Å². The van der Waals surface area contributed by atoms with E-state index in [0.717, 1.165) is 61.3 Å². The highest BCUT2D eigenvalue weighted by molar-refractivity contribution is 6.14. The fourth-order valence-corrected chi connectivity index (χ4v) is 6.53. The molecule has 0 radical (unpaired) electrons. The molecule has 5 nitrogen and oxygen atoms in total. The smallest absolute Gasteiger partial charge is 0.164 e. The summed E-state index contributed by atoms with van der Waals surface area (Å²) >= 11 is 0. The Bertz CT molecular complexity index is 2530. The van der Waals surface area contributed by atoms with Gasteiger partial charge in [0, 0.05) is 33.5 Å². The van der Waals surface area contributed by atoms with Gasteiger partial charge in [-0.2, -0.15) is 0 Å². The number of benzene rings is 7. The van der Waals surface area contributed by atoms with Gasteiger partial charge in [-0.15, -0.1) is 0 Å². The van der Waals surface area contributed by atoms with Crippen LogP contribution in [0.25, 0.3) is 67.2 Å². The van der Waals surface area contributed by atoms with E-state index in [0.29, 0.717) is 17.5 Å². The lowest BCUT2D eigenvalue weighted by Gasteiger charge is -2.26. The summed E-state index contributed by atoms with van der Waals surface area (Å²) in [4.78, 5) is 17.1. The number of furan rings is 1. The van der Waals surface area contributed by atoms with Gasteiger partial charge in [0.1, 0.15) is 11.2 Å². The molecule has 7 aromatic carbocycles. The molecule has 0 spiro atoms. The molecule has 50 heavy (non-hydrogen) atoms. The Labute approximate surface area is 289 Å². The number of hydrogen-bond donors (Lipinski definition) is 0. The number of anilines is 3. The standard InChI is InChI=1S/C45H30N4O/c1-5-15-31(16-6-1)34-21-13-24-37(29-34)49(36-22-11-4-12-23-36)39-25-14-26-40-42(39)38-28-27-35(30-41(38)50-40)45-47-43(32-17-7-2-8-18-32)46-44(48-45)33-19-9-3-10-20-33/h1-30H. The van der Waals surface area contributed by atoms with Gasteiger partial charge in [0.2, 0.25) is 0 Å². The number of hydrogen-bond acceptors (Lipinski definition) is 5. The summed E-state index contributed by atoms with van der Waals surface area (Å²) < 4.78 is 6.60. The zero-order valence-electron chi connectivity index (χ0n) is 27.0. The highest BCUT2D eigenvalue weighted by atomic mass is 16.3. The lowest BCUT2D eigenvalue weighted by molar-refractivity contribution is 0.669. The molecule has 0 amide bonds. The molecule has 0 saturated carbocycles. The molecule has 0 atom stereocenters. The maximum absolute atomic E-state index is 6.60. The number of nitrogens with zero attached hydrogens (tertiary/aromatic N) is 4. The Morgan fingerprint density at radius 3 is 1.52 bits per heavy atom. The van der Waals surface area contributed by atoms with Crippen LogP contribution >= 0.6 is 0 Å². The summed E-state index contributed by atoms with van der Waals surface area (Å²) in [6.45, 7) is 0. The van der Waals surface area contributed by atoms with Crippen LogP contribution in [0.4, 0.5) is 17.1 Å². The van der Waals surface area contributed by atoms with Gasteiger partial charge in [-0.05, 0) is 59.7 Å². The Morgan fingerprint density at radius 1 is 0.360 bits per heavy atom. The molecular formula is C45H30N4O. The predicted molar refractivity (Wildman–Crippen MR) is 204 cm³/mol. The summed E-state index contributed by atoms with van der Waals surface area (Å²) in [6, 6.07) is 62.2. The minimum absolute atomic E-state index is 0.587. The van der Waals surface area contributed by atoms with E-state index >= 15 is 0 Å². The van der Waals surface area contributed by atoms with E-state index in [1.54, 1.807) is 0 Å². The molecule has 9 aromatic rings. The van der Waals surface area contributed by atoms with Crippen LogP contribution in [0.5, 0.6) is 0 Å². The average Bonchev–Trinajstić information content (AvgIpc) is 3.58. The number of para-hydroxylation sites is 1.